The topological polar surface area (TPSA) is 67.4 Å². The van der Waals surface area contributed by atoms with Crippen LogP contribution < -0.4 is 5.73 Å². The number of benzene rings is 2. The van der Waals surface area contributed by atoms with Crippen LogP contribution in [0.5, 0.6) is 0 Å². The van der Waals surface area contributed by atoms with Crippen molar-refractivity contribution in [1.29, 1.82) is 0 Å². The van der Waals surface area contributed by atoms with Gasteiger partial charge in [0, 0.05) is 38.3 Å². The fraction of sp³-hybridized carbons (Fsp3) is 0.304. The summed E-state index contributed by atoms with van der Waals surface area (Å²) < 4.78 is 14.6. The fourth-order valence-electron chi connectivity index (χ4n) is 3.70. The summed E-state index contributed by atoms with van der Waals surface area (Å²) in [5, 5.41) is 4.23. The number of hydrogen-bond donors (Lipinski definition) is 1. The molecule has 0 radical (unpaired) electrons. The maximum Gasteiger partial charge on any atom is 0.198 e. The van der Waals surface area contributed by atoms with Crippen molar-refractivity contribution in [1.82, 2.24) is 19.6 Å². The zero-order valence-electron chi connectivity index (χ0n) is 17.9. The van der Waals surface area contributed by atoms with Gasteiger partial charge in [-0.1, -0.05) is 18.2 Å². The molecule has 1 aliphatic rings. The highest BCUT2D eigenvalue weighted by Gasteiger charge is 2.19. The number of aromatic nitrogens is 2. The first-order chi connectivity index (χ1) is 14.5. The Kier molecular flexibility index (Phi) is 9.21. The number of rotatable bonds is 6. The van der Waals surface area contributed by atoms with Crippen LogP contribution in [-0.2, 0) is 6.42 Å². The summed E-state index contributed by atoms with van der Waals surface area (Å²) in [6.07, 6.45) is 2.37. The number of nitrogens with two attached hydrogens (primary N) is 1. The van der Waals surface area contributed by atoms with Gasteiger partial charge in [0.05, 0.1) is 17.4 Å². The van der Waals surface area contributed by atoms with Gasteiger partial charge in [-0.15, -0.1) is 24.8 Å². The van der Waals surface area contributed by atoms with Gasteiger partial charge in [0.15, 0.2) is 5.78 Å². The lowest BCUT2D eigenvalue weighted by Gasteiger charge is -2.32. The van der Waals surface area contributed by atoms with Gasteiger partial charge < -0.3 is 15.5 Å². The zero-order chi connectivity index (χ0) is 21.1. The van der Waals surface area contributed by atoms with Crippen molar-refractivity contribution in [3.8, 4) is 5.69 Å². The number of likely N-dealkylation sites (N-methyl/N-ethyl adjacent to an activating group) is 1. The van der Waals surface area contributed by atoms with Gasteiger partial charge in [0.25, 0.3) is 0 Å². The molecule has 9 heteroatoms. The van der Waals surface area contributed by atoms with Gasteiger partial charge in [0.2, 0.25) is 0 Å². The summed E-state index contributed by atoms with van der Waals surface area (Å²) in [7, 11) is 2.15. The van der Waals surface area contributed by atoms with E-state index in [2.05, 4.69) is 28.0 Å². The van der Waals surface area contributed by atoms with Gasteiger partial charge in [-0.3, -0.25) is 4.79 Å². The summed E-state index contributed by atoms with van der Waals surface area (Å²) in [4.78, 5) is 17.8. The lowest BCUT2D eigenvalue weighted by molar-refractivity contribution is 0.103. The smallest absolute Gasteiger partial charge is 0.198 e. The largest absolute Gasteiger partial charge is 0.383 e. The molecule has 0 saturated carbocycles. The lowest BCUT2D eigenvalue weighted by Crippen LogP contribution is -2.45. The normalized spacial score (nSPS) is 14.4. The number of halogens is 3. The number of ketones is 1. The molecule has 3 aromatic rings. The minimum atomic E-state index is -0.339. The molecule has 2 heterocycles. The van der Waals surface area contributed by atoms with E-state index in [0.717, 1.165) is 44.7 Å². The number of carbonyl (C=O) groups is 1. The molecule has 2 N–H and O–H groups in total. The van der Waals surface area contributed by atoms with Crippen molar-refractivity contribution in [2.24, 2.45) is 0 Å². The number of carbonyl (C=O) groups excluding carboxylic acids is 1. The van der Waals surface area contributed by atoms with Crippen LogP contribution in [0.15, 0.2) is 54.7 Å². The summed E-state index contributed by atoms with van der Waals surface area (Å²) in [6, 6.07) is 13.5. The Morgan fingerprint density at radius 3 is 2.44 bits per heavy atom. The van der Waals surface area contributed by atoms with E-state index in [9.17, 15) is 9.18 Å². The van der Waals surface area contributed by atoms with Crippen LogP contribution in [0.25, 0.3) is 5.69 Å². The van der Waals surface area contributed by atoms with Gasteiger partial charge in [-0.05, 0) is 49.4 Å². The van der Waals surface area contributed by atoms with E-state index < -0.39 is 0 Å². The van der Waals surface area contributed by atoms with Crippen molar-refractivity contribution in [3.63, 3.8) is 0 Å². The second kappa shape index (κ2) is 11.4. The van der Waals surface area contributed by atoms with E-state index in [4.69, 9.17) is 5.73 Å². The molecule has 0 atom stereocenters. The van der Waals surface area contributed by atoms with Crippen LogP contribution in [0.4, 0.5) is 10.2 Å². The quantitative estimate of drug-likeness (QED) is 0.548. The van der Waals surface area contributed by atoms with E-state index in [1.807, 2.05) is 12.1 Å². The third kappa shape index (κ3) is 5.86. The molecule has 32 heavy (non-hydrogen) atoms. The highest BCUT2D eigenvalue weighted by Crippen LogP contribution is 2.21. The van der Waals surface area contributed by atoms with Gasteiger partial charge in [-0.2, -0.15) is 5.10 Å². The fourth-order valence-corrected chi connectivity index (χ4v) is 3.70. The second-order valence-corrected chi connectivity index (χ2v) is 7.76. The van der Waals surface area contributed by atoms with Crippen molar-refractivity contribution in [3.05, 3.63) is 77.2 Å². The minimum Gasteiger partial charge on any atom is -0.383 e. The zero-order valence-corrected chi connectivity index (χ0v) is 19.5. The molecular weight excluding hydrogens is 452 g/mol. The Morgan fingerprint density at radius 1 is 1.06 bits per heavy atom. The number of nitrogen functional groups attached to an aromatic ring is 1. The monoisotopic (exact) mass is 479 g/mol. The van der Waals surface area contributed by atoms with Crippen LogP contribution in [0, 0.1) is 5.82 Å². The van der Waals surface area contributed by atoms with E-state index in [1.165, 1.54) is 23.0 Å². The third-order valence-electron chi connectivity index (χ3n) is 5.62. The summed E-state index contributed by atoms with van der Waals surface area (Å²) in [6.45, 7) is 5.32. The lowest BCUT2D eigenvalue weighted by atomic mass is 10.0. The summed E-state index contributed by atoms with van der Waals surface area (Å²) in [5.41, 5.74) is 8.86. The molecular formula is C23H28Cl2FN5O. The van der Waals surface area contributed by atoms with Crippen molar-refractivity contribution in [2.45, 2.75) is 6.42 Å². The molecule has 172 valence electrons. The molecule has 1 saturated heterocycles. The average molecular weight is 480 g/mol. The number of anilines is 1. The van der Waals surface area contributed by atoms with Gasteiger partial charge in [-0.25, -0.2) is 9.07 Å². The molecule has 6 nitrogen and oxygen atoms in total. The molecule has 0 aliphatic carbocycles. The molecule has 0 unspecified atom stereocenters. The van der Waals surface area contributed by atoms with Crippen molar-refractivity contribution >= 4 is 36.4 Å². The van der Waals surface area contributed by atoms with Gasteiger partial charge >= 0.3 is 0 Å². The van der Waals surface area contributed by atoms with E-state index >= 15 is 0 Å². The third-order valence-corrected chi connectivity index (χ3v) is 5.62. The Bertz CT molecular complexity index is 1030. The number of nitrogens with zero attached hydrogens (tertiary/aromatic N) is 4. The number of hydrogen-bond acceptors (Lipinski definition) is 5. The van der Waals surface area contributed by atoms with Crippen LogP contribution >= 0.6 is 24.8 Å². The minimum absolute atomic E-state index is 0. The highest BCUT2D eigenvalue weighted by atomic mass is 35.5. The second-order valence-electron chi connectivity index (χ2n) is 7.76. The first kappa shape index (κ1) is 25.8. The molecule has 1 aliphatic heterocycles. The Hall–Kier alpha value is -2.45. The van der Waals surface area contributed by atoms with Crippen LogP contribution in [0.3, 0.4) is 0 Å². The first-order valence-corrected chi connectivity index (χ1v) is 10.2. The molecule has 1 aromatic heterocycles. The first-order valence-electron chi connectivity index (χ1n) is 10.2. The molecule has 0 amide bonds. The molecule has 4 rings (SSSR count). The molecule has 2 aromatic carbocycles. The van der Waals surface area contributed by atoms with Crippen LogP contribution in [0.1, 0.15) is 21.5 Å². The van der Waals surface area contributed by atoms with Crippen LogP contribution in [-0.4, -0.2) is 65.1 Å². The van der Waals surface area contributed by atoms with Crippen molar-refractivity contribution in [2.75, 3.05) is 45.5 Å². The number of piperazine rings is 1. The highest BCUT2D eigenvalue weighted by molar-refractivity contribution is 6.11. The molecule has 0 spiro atoms. The van der Waals surface area contributed by atoms with Crippen molar-refractivity contribution < 1.29 is 9.18 Å². The predicted molar refractivity (Wildman–Crippen MR) is 130 cm³/mol. The maximum atomic E-state index is 13.2. The molecule has 0 bridgehead atoms. The Labute approximate surface area is 200 Å². The summed E-state index contributed by atoms with van der Waals surface area (Å²) >= 11 is 0. The van der Waals surface area contributed by atoms with E-state index in [1.54, 1.807) is 18.2 Å². The Morgan fingerprint density at radius 2 is 1.75 bits per heavy atom. The van der Waals surface area contributed by atoms with E-state index in [-0.39, 0.29) is 42.2 Å². The standard InChI is InChI=1S/C23H26FN5O.2ClH/c1-27-11-13-28(14-12-27)10-9-17-3-2-4-18(15-17)22(30)21-16-26-29(23(21)25)20-7-5-19(24)6-8-20;;/h2-8,15-16H,9-14,25H2,1H3;2*1H. The Balaban J connectivity index is 0.00000181. The maximum absolute atomic E-state index is 13.2. The summed E-state index contributed by atoms with van der Waals surface area (Å²) in [5.74, 6) is -0.258. The van der Waals surface area contributed by atoms with E-state index in [0.29, 0.717) is 16.8 Å². The molecule has 1 fully saturated rings. The SMILES string of the molecule is CN1CCN(CCc2cccc(C(=O)c3cnn(-c4ccc(F)cc4)c3N)c2)CC1.Cl.Cl. The average Bonchev–Trinajstić information content (AvgIpc) is 3.15. The predicted octanol–water partition coefficient (Wildman–Crippen LogP) is 3.46. The van der Waals surface area contributed by atoms with Gasteiger partial charge in [0.1, 0.15) is 11.6 Å². The van der Waals surface area contributed by atoms with Crippen LogP contribution in [0.2, 0.25) is 0 Å².